The summed E-state index contributed by atoms with van der Waals surface area (Å²) >= 11 is 0. The molecule has 1 aromatic carbocycles. The highest BCUT2D eigenvalue weighted by atomic mass is 16.2. The largest absolute Gasteiger partial charge is 0.329 e. The Kier molecular flexibility index (Phi) is 3.76. The summed E-state index contributed by atoms with van der Waals surface area (Å²) in [6, 6.07) is 5.47. The van der Waals surface area contributed by atoms with Gasteiger partial charge in [-0.3, -0.25) is 14.8 Å². The number of anilines is 1. The number of nitrogens with zero attached hydrogens (tertiary/aromatic N) is 2. The molecule has 1 unspecified atom stereocenters. The van der Waals surface area contributed by atoms with Crippen molar-refractivity contribution in [2.24, 2.45) is 11.1 Å². The second-order valence-electron chi connectivity index (χ2n) is 4.83. The fourth-order valence-corrected chi connectivity index (χ4v) is 1.72. The summed E-state index contributed by atoms with van der Waals surface area (Å²) in [5.41, 5.74) is 7.41. The van der Waals surface area contributed by atoms with E-state index in [2.05, 4.69) is 15.3 Å². The van der Waals surface area contributed by atoms with Crippen molar-refractivity contribution in [2.75, 3.05) is 11.9 Å². The van der Waals surface area contributed by atoms with Crippen molar-refractivity contribution in [2.45, 2.75) is 20.3 Å². The normalized spacial score (nSPS) is 14.1. The Balaban J connectivity index is 2.24. The Morgan fingerprint density at radius 1 is 1.32 bits per heavy atom. The monoisotopic (exact) mass is 258 g/mol. The van der Waals surface area contributed by atoms with Gasteiger partial charge in [0.15, 0.2) is 0 Å². The van der Waals surface area contributed by atoms with Crippen LogP contribution >= 0.6 is 0 Å². The lowest BCUT2D eigenvalue weighted by Gasteiger charge is -2.24. The first-order chi connectivity index (χ1) is 9.09. The van der Waals surface area contributed by atoms with Crippen LogP contribution in [0.2, 0.25) is 0 Å². The Morgan fingerprint density at radius 3 is 2.63 bits per heavy atom. The fraction of sp³-hybridized carbons (Fsp3) is 0.357. The van der Waals surface area contributed by atoms with E-state index in [-0.39, 0.29) is 5.91 Å². The molecule has 0 bridgehead atoms. The molecule has 0 radical (unpaired) electrons. The Bertz CT molecular complexity index is 593. The first kappa shape index (κ1) is 13.4. The number of hydrogen-bond acceptors (Lipinski definition) is 4. The van der Waals surface area contributed by atoms with Gasteiger partial charge in [-0.25, -0.2) is 0 Å². The van der Waals surface area contributed by atoms with Gasteiger partial charge in [0, 0.05) is 24.6 Å². The molecule has 0 aliphatic rings. The van der Waals surface area contributed by atoms with Crippen LogP contribution in [0.3, 0.4) is 0 Å². The van der Waals surface area contributed by atoms with Gasteiger partial charge in [0.05, 0.1) is 16.4 Å². The maximum atomic E-state index is 12.2. The van der Waals surface area contributed by atoms with E-state index in [1.807, 2.05) is 32.0 Å². The van der Waals surface area contributed by atoms with Crippen LogP contribution in [0.15, 0.2) is 30.6 Å². The van der Waals surface area contributed by atoms with Gasteiger partial charge in [0.1, 0.15) is 0 Å². The summed E-state index contributed by atoms with van der Waals surface area (Å²) in [5, 5.41) is 2.89. The molecule has 0 saturated heterocycles. The molecule has 0 saturated carbocycles. The average Bonchev–Trinajstić information content (AvgIpc) is 2.46. The number of benzene rings is 1. The summed E-state index contributed by atoms with van der Waals surface area (Å²) in [4.78, 5) is 20.6. The Hall–Kier alpha value is -2.01. The van der Waals surface area contributed by atoms with E-state index in [1.54, 1.807) is 12.4 Å². The minimum Gasteiger partial charge on any atom is -0.329 e. The maximum Gasteiger partial charge on any atom is 0.231 e. The lowest BCUT2D eigenvalue weighted by Crippen LogP contribution is -2.39. The Morgan fingerprint density at radius 2 is 2.00 bits per heavy atom. The highest BCUT2D eigenvalue weighted by molar-refractivity contribution is 5.96. The maximum absolute atomic E-state index is 12.2. The molecular weight excluding hydrogens is 240 g/mol. The van der Waals surface area contributed by atoms with E-state index >= 15 is 0 Å². The van der Waals surface area contributed by atoms with E-state index in [0.29, 0.717) is 18.7 Å². The van der Waals surface area contributed by atoms with E-state index in [4.69, 9.17) is 5.73 Å². The molecule has 3 N–H and O–H groups in total. The number of carbonyl (C=O) groups is 1. The zero-order valence-corrected chi connectivity index (χ0v) is 11.2. The number of hydrogen-bond donors (Lipinski definition) is 2. The van der Waals surface area contributed by atoms with Crippen LogP contribution in [0.4, 0.5) is 5.69 Å². The average molecular weight is 258 g/mol. The van der Waals surface area contributed by atoms with Crippen molar-refractivity contribution in [3.8, 4) is 0 Å². The highest BCUT2D eigenvalue weighted by Gasteiger charge is 2.29. The van der Waals surface area contributed by atoms with Gasteiger partial charge in [0.2, 0.25) is 5.91 Å². The molecule has 1 aromatic heterocycles. The number of amides is 1. The molecule has 1 heterocycles. The molecule has 1 atom stereocenters. The summed E-state index contributed by atoms with van der Waals surface area (Å²) in [6.45, 7) is 4.14. The zero-order chi connectivity index (χ0) is 13.9. The summed E-state index contributed by atoms with van der Waals surface area (Å²) in [6.07, 6.45) is 3.97. The van der Waals surface area contributed by atoms with Crippen molar-refractivity contribution in [1.29, 1.82) is 0 Å². The quantitative estimate of drug-likeness (QED) is 0.878. The van der Waals surface area contributed by atoms with Crippen LogP contribution in [0.1, 0.15) is 20.3 Å². The topological polar surface area (TPSA) is 80.9 Å². The predicted molar refractivity (Wildman–Crippen MR) is 75.6 cm³/mol. The summed E-state index contributed by atoms with van der Waals surface area (Å²) in [7, 11) is 0. The minimum absolute atomic E-state index is 0.0688. The van der Waals surface area contributed by atoms with Crippen molar-refractivity contribution < 1.29 is 4.79 Å². The van der Waals surface area contributed by atoms with E-state index in [1.165, 1.54) is 0 Å². The van der Waals surface area contributed by atoms with Crippen molar-refractivity contribution >= 4 is 22.6 Å². The van der Waals surface area contributed by atoms with Gasteiger partial charge in [-0.1, -0.05) is 6.92 Å². The molecule has 2 aromatic rings. The lowest BCUT2D eigenvalue weighted by atomic mass is 9.86. The van der Waals surface area contributed by atoms with Gasteiger partial charge in [-0.2, -0.15) is 0 Å². The first-order valence-corrected chi connectivity index (χ1v) is 6.31. The highest BCUT2D eigenvalue weighted by Crippen LogP contribution is 2.23. The van der Waals surface area contributed by atoms with Crippen LogP contribution in [-0.4, -0.2) is 22.4 Å². The molecule has 100 valence electrons. The number of rotatable bonds is 4. The second kappa shape index (κ2) is 5.32. The lowest BCUT2D eigenvalue weighted by molar-refractivity contribution is -0.124. The van der Waals surface area contributed by atoms with Gasteiger partial charge in [0.25, 0.3) is 0 Å². The number of carbonyl (C=O) groups excluding carboxylic acids is 1. The third-order valence-corrected chi connectivity index (χ3v) is 3.51. The smallest absolute Gasteiger partial charge is 0.231 e. The van der Waals surface area contributed by atoms with Gasteiger partial charge < -0.3 is 11.1 Å². The standard InChI is InChI=1S/C14H18N4O/c1-3-14(2,9-15)13(19)18-10-4-5-11-12(8-10)17-7-6-16-11/h4-8H,3,9,15H2,1-2H3,(H,18,19). The molecule has 0 aliphatic carbocycles. The predicted octanol–water partition coefficient (Wildman–Crippen LogP) is 1.94. The van der Waals surface area contributed by atoms with Gasteiger partial charge in [-0.05, 0) is 31.5 Å². The molecule has 2 rings (SSSR count). The molecule has 1 amide bonds. The first-order valence-electron chi connectivity index (χ1n) is 6.31. The van der Waals surface area contributed by atoms with Crippen LogP contribution in [0, 0.1) is 5.41 Å². The summed E-state index contributed by atoms with van der Waals surface area (Å²) < 4.78 is 0. The Labute approximate surface area is 112 Å². The molecule has 5 nitrogen and oxygen atoms in total. The number of aromatic nitrogens is 2. The van der Waals surface area contributed by atoms with Crippen LogP contribution in [-0.2, 0) is 4.79 Å². The van der Waals surface area contributed by atoms with Crippen LogP contribution in [0.5, 0.6) is 0 Å². The number of nitrogens with one attached hydrogen (secondary N) is 1. The van der Waals surface area contributed by atoms with E-state index in [9.17, 15) is 4.79 Å². The van der Waals surface area contributed by atoms with Crippen molar-refractivity contribution in [3.05, 3.63) is 30.6 Å². The number of nitrogens with two attached hydrogens (primary N) is 1. The van der Waals surface area contributed by atoms with E-state index in [0.717, 1.165) is 11.0 Å². The second-order valence-corrected chi connectivity index (χ2v) is 4.83. The number of fused-ring (bicyclic) bond motifs is 1. The van der Waals surface area contributed by atoms with Crippen LogP contribution in [0.25, 0.3) is 11.0 Å². The van der Waals surface area contributed by atoms with Gasteiger partial charge in [-0.15, -0.1) is 0 Å². The molecule has 0 fully saturated rings. The molecular formula is C14H18N4O. The van der Waals surface area contributed by atoms with E-state index < -0.39 is 5.41 Å². The van der Waals surface area contributed by atoms with Crippen molar-refractivity contribution in [1.82, 2.24) is 9.97 Å². The molecule has 19 heavy (non-hydrogen) atoms. The van der Waals surface area contributed by atoms with Gasteiger partial charge >= 0.3 is 0 Å². The zero-order valence-electron chi connectivity index (χ0n) is 11.2. The summed E-state index contributed by atoms with van der Waals surface area (Å²) in [5.74, 6) is -0.0688. The third-order valence-electron chi connectivity index (χ3n) is 3.51. The molecule has 0 aliphatic heterocycles. The minimum atomic E-state index is -0.544. The fourth-order valence-electron chi connectivity index (χ4n) is 1.72. The molecule has 0 spiro atoms. The van der Waals surface area contributed by atoms with Crippen LogP contribution < -0.4 is 11.1 Å². The SMILES string of the molecule is CCC(C)(CN)C(=O)Nc1ccc2nccnc2c1. The molecule has 5 heteroatoms. The third kappa shape index (κ3) is 2.71. The van der Waals surface area contributed by atoms with Crippen molar-refractivity contribution in [3.63, 3.8) is 0 Å².